The summed E-state index contributed by atoms with van der Waals surface area (Å²) in [6.45, 7) is 6.50. The number of ketones is 1. The number of Topliss-reactive ketones (excluding diaryl/α,β-unsaturated/α-hetero) is 1. The molecule has 1 aromatic heterocycles. The van der Waals surface area contributed by atoms with Gasteiger partial charge in [-0.1, -0.05) is 0 Å². The van der Waals surface area contributed by atoms with Gasteiger partial charge in [-0.15, -0.1) is 0 Å². The van der Waals surface area contributed by atoms with E-state index in [-0.39, 0.29) is 18.4 Å². The van der Waals surface area contributed by atoms with E-state index in [4.69, 9.17) is 9.15 Å². The van der Waals surface area contributed by atoms with Crippen LogP contribution >= 0.6 is 0 Å². The summed E-state index contributed by atoms with van der Waals surface area (Å²) in [5, 5.41) is 0. The van der Waals surface area contributed by atoms with E-state index in [1.54, 1.807) is 0 Å². The molecule has 1 heterocycles. The lowest BCUT2D eigenvalue weighted by atomic mass is 10.1. The lowest BCUT2D eigenvalue weighted by Crippen LogP contribution is -1.98. The molecule has 0 bridgehead atoms. The number of carbonyl (C=O) groups excluding carboxylic acids is 2. The molecule has 0 amide bonds. The van der Waals surface area contributed by atoms with Crippen molar-refractivity contribution < 1.29 is 18.7 Å². The second kappa shape index (κ2) is 4.29. The molecule has 0 atom stereocenters. The first-order valence-corrected chi connectivity index (χ1v) is 4.66. The van der Waals surface area contributed by atoms with E-state index in [1.165, 1.54) is 13.8 Å². The molecule has 1 rings (SSSR count). The lowest BCUT2D eigenvalue weighted by molar-refractivity contribution is -0.142. The number of rotatable bonds is 3. The molecule has 0 aliphatic heterocycles. The van der Waals surface area contributed by atoms with Crippen molar-refractivity contribution in [2.45, 2.75) is 34.3 Å². The number of esters is 1. The van der Waals surface area contributed by atoms with Gasteiger partial charge in [-0.05, 0) is 19.4 Å². The monoisotopic (exact) mass is 210 g/mol. The summed E-state index contributed by atoms with van der Waals surface area (Å²) < 4.78 is 10.1. The molecule has 0 fully saturated rings. The Labute approximate surface area is 88.2 Å². The predicted molar refractivity (Wildman–Crippen MR) is 53.7 cm³/mol. The zero-order valence-corrected chi connectivity index (χ0v) is 9.34. The second-order valence-corrected chi connectivity index (χ2v) is 3.44. The van der Waals surface area contributed by atoms with Crippen LogP contribution < -0.4 is 0 Å². The van der Waals surface area contributed by atoms with Crippen LogP contribution in [0.15, 0.2) is 4.42 Å². The van der Waals surface area contributed by atoms with Gasteiger partial charge in [0.25, 0.3) is 0 Å². The molecule has 82 valence electrons. The zero-order chi connectivity index (χ0) is 11.6. The number of hydrogen-bond acceptors (Lipinski definition) is 4. The molecule has 0 aromatic carbocycles. The highest BCUT2D eigenvalue weighted by Crippen LogP contribution is 2.22. The largest absolute Gasteiger partial charge is 0.458 e. The molecular weight excluding hydrogens is 196 g/mol. The molecule has 0 unspecified atom stereocenters. The van der Waals surface area contributed by atoms with E-state index in [0.29, 0.717) is 11.5 Å². The minimum absolute atomic E-state index is 0.0787. The molecule has 1 aromatic rings. The first-order valence-electron chi connectivity index (χ1n) is 4.66. The minimum atomic E-state index is -0.368. The fraction of sp³-hybridized carbons (Fsp3) is 0.455. The van der Waals surface area contributed by atoms with Gasteiger partial charge >= 0.3 is 5.97 Å². The number of hydrogen-bond donors (Lipinski definition) is 0. The highest BCUT2D eigenvalue weighted by Gasteiger charge is 2.17. The Balaban J connectivity index is 2.95. The second-order valence-electron chi connectivity index (χ2n) is 3.44. The maximum absolute atomic E-state index is 11.2. The standard InChI is InChI=1S/C11H14O4/c1-6-7(2)11(8(3)12)15-10(6)5-14-9(4)13/h5H2,1-4H3. The summed E-state index contributed by atoms with van der Waals surface area (Å²) in [6, 6.07) is 0. The van der Waals surface area contributed by atoms with Crippen molar-refractivity contribution in [3.63, 3.8) is 0 Å². The molecule has 15 heavy (non-hydrogen) atoms. The maximum atomic E-state index is 11.2. The van der Waals surface area contributed by atoms with E-state index in [2.05, 4.69) is 0 Å². The molecule has 0 aliphatic carbocycles. The maximum Gasteiger partial charge on any atom is 0.303 e. The van der Waals surface area contributed by atoms with Gasteiger partial charge in [0.15, 0.2) is 11.5 Å². The topological polar surface area (TPSA) is 56.5 Å². The molecular formula is C11H14O4. The van der Waals surface area contributed by atoms with Gasteiger partial charge in [-0.2, -0.15) is 0 Å². The van der Waals surface area contributed by atoms with Crippen LogP contribution in [-0.2, 0) is 16.1 Å². The van der Waals surface area contributed by atoms with Gasteiger partial charge < -0.3 is 9.15 Å². The van der Waals surface area contributed by atoms with Crippen molar-refractivity contribution in [2.24, 2.45) is 0 Å². The van der Waals surface area contributed by atoms with Crippen LogP contribution in [0.4, 0.5) is 0 Å². The minimum Gasteiger partial charge on any atom is -0.458 e. The van der Waals surface area contributed by atoms with Gasteiger partial charge in [0.2, 0.25) is 0 Å². The molecule has 4 heteroatoms. The van der Waals surface area contributed by atoms with E-state index in [9.17, 15) is 9.59 Å². The molecule has 0 radical (unpaired) electrons. The summed E-state index contributed by atoms with van der Waals surface area (Å²) in [6.07, 6.45) is 0. The SMILES string of the molecule is CC(=O)OCc1oc(C(C)=O)c(C)c1C. The van der Waals surface area contributed by atoms with Crippen LogP contribution in [0, 0.1) is 13.8 Å². The van der Waals surface area contributed by atoms with Crippen molar-refractivity contribution in [3.05, 3.63) is 22.6 Å². The molecule has 0 saturated heterocycles. The summed E-state index contributed by atoms with van der Waals surface area (Å²) in [5.74, 6) is 0.389. The molecule has 0 N–H and O–H groups in total. The van der Waals surface area contributed by atoms with Crippen molar-refractivity contribution in [1.29, 1.82) is 0 Å². The van der Waals surface area contributed by atoms with Crippen LogP contribution in [0.25, 0.3) is 0 Å². The van der Waals surface area contributed by atoms with Gasteiger partial charge in [0.05, 0.1) is 0 Å². The van der Waals surface area contributed by atoms with Crippen molar-refractivity contribution in [1.82, 2.24) is 0 Å². The Hall–Kier alpha value is -1.58. The summed E-state index contributed by atoms with van der Waals surface area (Å²) in [7, 11) is 0. The average Bonchev–Trinajstić information content (AvgIpc) is 2.41. The Morgan fingerprint density at radius 3 is 2.20 bits per heavy atom. The van der Waals surface area contributed by atoms with Gasteiger partial charge in [-0.25, -0.2) is 0 Å². The lowest BCUT2D eigenvalue weighted by Gasteiger charge is -1.98. The van der Waals surface area contributed by atoms with E-state index >= 15 is 0 Å². The highest BCUT2D eigenvalue weighted by atomic mass is 16.5. The van der Waals surface area contributed by atoms with Crippen LogP contribution in [0.2, 0.25) is 0 Å². The predicted octanol–water partition coefficient (Wildman–Crippen LogP) is 2.16. The molecule has 4 nitrogen and oxygen atoms in total. The van der Waals surface area contributed by atoms with E-state index in [1.807, 2.05) is 13.8 Å². The van der Waals surface area contributed by atoms with Gasteiger partial charge in [0, 0.05) is 19.4 Å². The third kappa shape index (κ3) is 2.46. The first-order chi connectivity index (χ1) is 6.93. The van der Waals surface area contributed by atoms with Crippen molar-refractivity contribution in [2.75, 3.05) is 0 Å². The Morgan fingerprint density at radius 2 is 1.80 bits per heavy atom. The van der Waals surface area contributed by atoms with E-state index < -0.39 is 0 Å². The Bertz CT molecular complexity index is 401. The van der Waals surface area contributed by atoms with Crippen LogP contribution in [0.3, 0.4) is 0 Å². The summed E-state index contributed by atoms with van der Waals surface area (Å²) in [5.41, 5.74) is 1.67. The van der Waals surface area contributed by atoms with Crippen LogP contribution in [0.1, 0.15) is 41.3 Å². The summed E-state index contributed by atoms with van der Waals surface area (Å²) in [4.78, 5) is 21.8. The number of carbonyl (C=O) groups is 2. The van der Waals surface area contributed by atoms with Crippen molar-refractivity contribution >= 4 is 11.8 Å². The third-order valence-corrected chi connectivity index (χ3v) is 2.27. The molecule has 0 spiro atoms. The van der Waals surface area contributed by atoms with Crippen LogP contribution in [0.5, 0.6) is 0 Å². The highest BCUT2D eigenvalue weighted by molar-refractivity contribution is 5.93. The van der Waals surface area contributed by atoms with Crippen molar-refractivity contribution in [3.8, 4) is 0 Å². The average molecular weight is 210 g/mol. The van der Waals surface area contributed by atoms with E-state index in [0.717, 1.165) is 11.1 Å². The molecule has 0 saturated carbocycles. The third-order valence-electron chi connectivity index (χ3n) is 2.27. The molecule has 0 aliphatic rings. The Morgan fingerprint density at radius 1 is 1.20 bits per heavy atom. The number of furan rings is 1. The van der Waals surface area contributed by atoms with Crippen LogP contribution in [-0.4, -0.2) is 11.8 Å². The fourth-order valence-electron chi connectivity index (χ4n) is 1.30. The summed E-state index contributed by atoms with van der Waals surface area (Å²) >= 11 is 0. The first kappa shape index (κ1) is 11.5. The zero-order valence-electron chi connectivity index (χ0n) is 9.34. The number of ether oxygens (including phenoxy) is 1. The smallest absolute Gasteiger partial charge is 0.303 e. The van der Waals surface area contributed by atoms with Gasteiger partial charge in [0.1, 0.15) is 12.4 Å². The van der Waals surface area contributed by atoms with Gasteiger partial charge in [-0.3, -0.25) is 9.59 Å². The Kier molecular flexibility index (Phi) is 3.29. The normalized spacial score (nSPS) is 10.1. The quantitative estimate of drug-likeness (QED) is 0.566. The fourth-order valence-corrected chi connectivity index (χ4v) is 1.30.